The van der Waals surface area contributed by atoms with Crippen LogP contribution in [0.4, 0.5) is 19.4 Å². The minimum Gasteiger partial charge on any atom is -0.478 e. The molecule has 8 nitrogen and oxygen atoms in total. The van der Waals surface area contributed by atoms with Gasteiger partial charge >= 0.3 is 12.1 Å². The van der Waals surface area contributed by atoms with Crippen LogP contribution in [0.1, 0.15) is 28.9 Å². The van der Waals surface area contributed by atoms with Gasteiger partial charge < -0.3 is 14.6 Å². The van der Waals surface area contributed by atoms with Crippen molar-refractivity contribution in [1.29, 1.82) is 0 Å². The molecule has 0 aliphatic rings. The van der Waals surface area contributed by atoms with Gasteiger partial charge in [-0.15, -0.1) is 0 Å². The number of hydrogen-bond donors (Lipinski definition) is 2. The van der Waals surface area contributed by atoms with Crippen LogP contribution in [-0.4, -0.2) is 26.9 Å². The van der Waals surface area contributed by atoms with Crippen molar-refractivity contribution in [3.8, 4) is 33.8 Å². The molecule has 0 fully saturated rings. The number of ether oxygens (including phenoxy) is 2. The fraction of sp³-hybridized carbons (Fsp3) is 0.0938. The predicted molar refractivity (Wildman–Crippen MR) is 152 cm³/mol. The van der Waals surface area contributed by atoms with E-state index in [1.807, 2.05) is 30.3 Å². The Morgan fingerprint density at radius 3 is 2.17 bits per heavy atom. The van der Waals surface area contributed by atoms with Gasteiger partial charge in [0.15, 0.2) is 17.4 Å². The van der Waals surface area contributed by atoms with Crippen LogP contribution < -0.4 is 10.1 Å². The van der Waals surface area contributed by atoms with Crippen LogP contribution in [0.15, 0.2) is 97.2 Å². The minimum atomic E-state index is -1.28. The van der Waals surface area contributed by atoms with E-state index in [1.165, 1.54) is 28.9 Å². The van der Waals surface area contributed by atoms with Crippen LogP contribution >= 0.6 is 0 Å². The summed E-state index contributed by atoms with van der Waals surface area (Å²) < 4.78 is 42.3. The fourth-order valence-corrected chi connectivity index (χ4v) is 4.38. The molecular formula is C32H25F2N3O5. The monoisotopic (exact) mass is 569 g/mol. The highest BCUT2D eigenvalue weighted by molar-refractivity contribution is 5.91. The lowest BCUT2D eigenvalue weighted by Crippen LogP contribution is -2.18. The van der Waals surface area contributed by atoms with Crippen LogP contribution in [0.5, 0.6) is 11.5 Å². The summed E-state index contributed by atoms with van der Waals surface area (Å²) in [4.78, 5) is 24.1. The molecule has 1 atom stereocenters. The molecule has 0 unspecified atom stereocenters. The molecule has 1 heterocycles. The maximum atomic E-state index is 15.0. The molecule has 0 saturated carbocycles. The van der Waals surface area contributed by atoms with Gasteiger partial charge in [0.05, 0.1) is 6.20 Å². The number of carbonyl (C=O) groups excluding carboxylic acids is 1. The second kappa shape index (κ2) is 11.9. The smallest absolute Gasteiger partial charge is 0.413 e. The number of carbonyl (C=O) groups is 2. The van der Waals surface area contributed by atoms with Crippen molar-refractivity contribution in [3.05, 3.63) is 120 Å². The maximum absolute atomic E-state index is 15.0. The van der Waals surface area contributed by atoms with E-state index in [9.17, 15) is 23.5 Å². The second-order valence-electron chi connectivity index (χ2n) is 9.36. The zero-order valence-electron chi connectivity index (χ0n) is 22.5. The number of carboxylic acids is 1. The van der Waals surface area contributed by atoms with E-state index in [2.05, 4.69) is 10.4 Å². The molecule has 212 valence electrons. The first kappa shape index (κ1) is 28.0. The van der Waals surface area contributed by atoms with Crippen molar-refractivity contribution in [2.45, 2.75) is 13.0 Å². The van der Waals surface area contributed by atoms with Crippen molar-refractivity contribution < 1.29 is 33.0 Å². The average molecular weight is 570 g/mol. The molecule has 0 radical (unpaired) electrons. The summed E-state index contributed by atoms with van der Waals surface area (Å²) in [6, 6.07) is 24.0. The number of benzene rings is 4. The lowest BCUT2D eigenvalue weighted by Gasteiger charge is -2.15. The lowest BCUT2D eigenvalue weighted by molar-refractivity contribution is 0.0693. The molecule has 0 saturated heterocycles. The highest BCUT2D eigenvalue weighted by Gasteiger charge is 2.20. The number of halogens is 2. The topological polar surface area (TPSA) is 103 Å². The van der Waals surface area contributed by atoms with E-state index in [0.717, 1.165) is 17.7 Å². The number of anilines is 1. The Bertz CT molecular complexity index is 1730. The molecule has 5 rings (SSSR count). The average Bonchev–Trinajstić information content (AvgIpc) is 3.34. The molecule has 0 spiro atoms. The standard InChI is InChI=1S/C32H25F2N3O5/c1-19(20-8-4-3-5-9-20)41-32(40)36-30-25(18-35-37(30)2)22-14-12-21(13-15-22)23-16-26(33)29(27(34)17-23)42-28-11-7-6-10-24(28)31(38)39/h3-19H,1-2H3,(H,36,40)(H,38,39)/t19-/m1/s1. The summed E-state index contributed by atoms with van der Waals surface area (Å²) in [7, 11) is 1.68. The van der Waals surface area contributed by atoms with Crippen molar-refractivity contribution >= 4 is 17.9 Å². The molecular weight excluding hydrogens is 544 g/mol. The Labute approximate surface area is 239 Å². The van der Waals surface area contributed by atoms with Gasteiger partial charge in [0.25, 0.3) is 0 Å². The third-order valence-corrected chi connectivity index (χ3v) is 6.57. The summed E-state index contributed by atoms with van der Waals surface area (Å²) in [5.41, 5.74) is 2.71. The number of aryl methyl sites for hydroxylation is 1. The summed E-state index contributed by atoms with van der Waals surface area (Å²) >= 11 is 0. The molecule has 10 heteroatoms. The first-order valence-corrected chi connectivity index (χ1v) is 12.9. The van der Waals surface area contributed by atoms with E-state index in [1.54, 1.807) is 44.4 Å². The van der Waals surface area contributed by atoms with E-state index >= 15 is 0 Å². The lowest BCUT2D eigenvalue weighted by atomic mass is 10.0. The summed E-state index contributed by atoms with van der Waals surface area (Å²) in [5.74, 6) is -3.74. The number of amides is 1. The Morgan fingerprint density at radius 2 is 1.50 bits per heavy atom. The number of aromatic carboxylic acids is 1. The SMILES string of the molecule is C[C@@H](OC(=O)Nc1c(-c2ccc(-c3cc(F)c(Oc4ccccc4C(=O)O)c(F)c3)cc2)cnn1C)c1ccccc1. The number of rotatable bonds is 8. The zero-order chi connectivity index (χ0) is 29.8. The highest BCUT2D eigenvalue weighted by atomic mass is 19.1. The number of aromatic nitrogens is 2. The number of nitrogens with one attached hydrogen (secondary N) is 1. The normalized spacial score (nSPS) is 11.5. The summed E-state index contributed by atoms with van der Waals surface area (Å²) in [6.45, 7) is 1.77. The minimum absolute atomic E-state index is 0.181. The molecule has 0 aliphatic heterocycles. The molecule has 4 aromatic carbocycles. The van der Waals surface area contributed by atoms with Gasteiger partial charge in [-0.1, -0.05) is 66.7 Å². The Kier molecular flexibility index (Phi) is 7.96. The van der Waals surface area contributed by atoms with Gasteiger partial charge in [-0.3, -0.25) is 10.00 Å². The summed E-state index contributed by atoms with van der Waals surface area (Å²) in [6.07, 6.45) is 0.477. The number of hydrogen-bond acceptors (Lipinski definition) is 5. The first-order chi connectivity index (χ1) is 20.2. The third kappa shape index (κ3) is 5.97. The van der Waals surface area contributed by atoms with Crippen LogP contribution in [0.25, 0.3) is 22.3 Å². The quantitative estimate of drug-likeness (QED) is 0.197. The van der Waals surface area contributed by atoms with Crippen LogP contribution in [0, 0.1) is 11.6 Å². The Hall–Kier alpha value is -5.51. The molecule has 0 aliphatic carbocycles. The van der Waals surface area contributed by atoms with Crippen LogP contribution in [-0.2, 0) is 11.8 Å². The first-order valence-electron chi connectivity index (χ1n) is 12.9. The number of nitrogens with zero attached hydrogens (tertiary/aromatic N) is 2. The van der Waals surface area contributed by atoms with Gasteiger partial charge in [0, 0.05) is 12.6 Å². The van der Waals surface area contributed by atoms with E-state index < -0.39 is 35.6 Å². The third-order valence-electron chi connectivity index (χ3n) is 6.57. The molecule has 5 aromatic rings. The summed E-state index contributed by atoms with van der Waals surface area (Å²) in [5, 5.41) is 16.3. The molecule has 1 amide bonds. The van der Waals surface area contributed by atoms with Gasteiger partial charge in [-0.25, -0.2) is 18.4 Å². The van der Waals surface area contributed by atoms with Gasteiger partial charge in [-0.05, 0) is 53.4 Å². The Balaban J connectivity index is 1.34. The second-order valence-corrected chi connectivity index (χ2v) is 9.36. The largest absolute Gasteiger partial charge is 0.478 e. The van der Waals surface area contributed by atoms with Gasteiger partial charge in [0.2, 0.25) is 0 Å². The van der Waals surface area contributed by atoms with Crippen molar-refractivity contribution in [2.75, 3.05) is 5.32 Å². The van der Waals surface area contributed by atoms with E-state index in [0.29, 0.717) is 22.5 Å². The van der Waals surface area contributed by atoms with Crippen molar-refractivity contribution in [2.24, 2.45) is 7.05 Å². The highest BCUT2D eigenvalue weighted by Crippen LogP contribution is 2.35. The zero-order valence-corrected chi connectivity index (χ0v) is 22.5. The van der Waals surface area contributed by atoms with Crippen molar-refractivity contribution in [1.82, 2.24) is 9.78 Å². The van der Waals surface area contributed by atoms with Crippen molar-refractivity contribution in [3.63, 3.8) is 0 Å². The van der Waals surface area contributed by atoms with Gasteiger partial charge in [0.1, 0.15) is 23.2 Å². The van der Waals surface area contributed by atoms with E-state index in [4.69, 9.17) is 9.47 Å². The number of carboxylic acid groups (broad SMARTS) is 1. The predicted octanol–water partition coefficient (Wildman–Crippen LogP) is 7.83. The van der Waals surface area contributed by atoms with Crippen LogP contribution in [0.3, 0.4) is 0 Å². The van der Waals surface area contributed by atoms with E-state index in [-0.39, 0.29) is 16.9 Å². The molecule has 0 bridgehead atoms. The van der Waals surface area contributed by atoms with Gasteiger partial charge in [-0.2, -0.15) is 5.10 Å². The van der Waals surface area contributed by atoms with Crippen LogP contribution in [0.2, 0.25) is 0 Å². The molecule has 2 N–H and O–H groups in total. The maximum Gasteiger partial charge on any atom is 0.413 e. The molecule has 1 aromatic heterocycles. The fourth-order valence-electron chi connectivity index (χ4n) is 4.38. The molecule has 42 heavy (non-hydrogen) atoms. The number of para-hydroxylation sites is 1. The Morgan fingerprint density at radius 1 is 0.881 bits per heavy atom.